The molecule has 0 spiro atoms. The fraction of sp³-hybridized carbons (Fsp3) is 0.385. The van der Waals surface area contributed by atoms with E-state index in [-0.39, 0.29) is 23.8 Å². The van der Waals surface area contributed by atoms with Crippen molar-refractivity contribution in [2.45, 2.75) is 19.9 Å². The summed E-state index contributed by atoms with van der Waals surface area (Å²) in [4.78, 5) is 0. The number of rotatable bonds is 4. The average Bonchev–Trinajstić information content (AvgIpc) is 2.37. The Bertz CT molecular complexity index is 633. The van der Waals surface area contributed by atoms with Gasteiger partial charge in [0.05, 0.1) is 17.8 Å². The summed E-state index contributed by atoms with van der Waals surface area (Å²) >= 11 is 0. The van der Waals surface area contributed by atoms with Crippen LogP contribution < -0.4 is 10.5 Å². The molecule has 1 aromatic carbocycles. The van der Waals surface area contributed by atoms with Crippen LogP contribution in [-0.4, -0.2) is 32.4 Å². The maximum absolute atomic E-state index is 13.2. The quantitative estimate of drug-likeness (QED) is 0.818. The van der Waals surface area contributed by atoms with Gasteiger partial charge in [-0.3, -0.25) is 4.72 Å². The average molecular weight is 299 g/mol. The monoisotopic (exact) mass is 299 g/mol. The van der Waals surface area contributed by atoms with E-state index in [1.807, 2.05) is 0 Å². The van der Waals surface area contributed by atoms with Crippen molar-refractivity contribution in [1.29, 1.82) is 0 Å². The largest absolute Gasteiger partial charge is 0.320 e. The first-order valence-electron chi connectivity index (χ1n) is 6.02. The molecule has 0 fully saturated rings. The summed E-state index contributed by atoms with van der Waals surface area (Å²) in [5, 5.41) is 0. The van der Waals surface area contributed by atoms with Gasteiger partial charge in [-0.05, 0) is 32.0 Å². The lowest BCUT2D eigenvalue weighted by molar-refractivity contribution is 0.414. The number of nitrogens with two attached hydrogens (primary N) is 1. The molecule has 0 saturated carbocycles. The Morgan fingerprint density at radius 3 is 2.65 bits per heavy atom. The zero-order valence-electron chi connectivity index (χ0n) is 11.6. The molecule has 0 heterocycles. The molecular weight excluding hydrogens is 281 g/mol. The summed E-state index contributed by atoms with van der Waals surface area (Å²) in [6.45, 7) is 3.60. The van der Waals surface area contributed by atoms with Crippen LogP contribution >= 0.6 is 0 Å². The molecule has 1 rings (SSSR count). The van der Waals surface area contributed by atoms with E-state index in [1.54, 1.807) is 13.8 Å². The molecule has 3 N–H and O–H groups in total. The molecule has 0 aliphatic heterocycles. The highest BCUT2D eigenvalue weighted by Gasteiger charge is 2.21. The highest BCUT2D eigenvalue weighted by Crippen LogP contribution is 2.19. The molecule has 0 aliphatic carbocycles. The van der Waals surface area contributed by atoms with Gasteiger partial charge in [-0.15, -0.1) is 0 Å². The molecule has 0 saturated heterocycles. The van der Waals surface area contributed by atoms with Gasteiger partial charge in [0.1, 0.15) is 5.82 Å². The van der Waals surface area contributed by atoms with Gasteiger partial charge in [0, 0.05) is 13.1 Å². The summed E-state index contributed by atoms with van der Waals surface area (Å²) in [5.74, 6) is 4.72. The molecule has 0 aromatic heterocycles. The minimum Gasteiger partial charge on any atom is -0.320 e. The highest BCUT2D eigenvalue weighted by atomic mass is 32.2. The second-order valence-electron chi connectivity index (χ2n) is 4.41. The minimum absolute atomic E-state index is 0.106. The van der Waals surface area contributed by atoms with Crippen molar-refractivity contribution in [2.24, 2.45) is 5.73 Å². The van der Waals surface area contributed by atoms with E-state index in [0.717, 1.165) is 6.07 Å². The first-order chi connectivity index (χ1) is 9.27. The maximum Gasteiger partial charge on any atom is 0.301 e. The predicted octanol–water partition coefficient (Wildman–Crippen LogP) is 1.13. The predicted molar refractivity (Wildman–Crippen MR) is 77.8 cm³/mol. The first-order valence-corrected chi connectivity index (χ1v) is 7.46. The van der Waals surface area contributed by atoms with Crippen molar-refractivity contribution in [1.82, 2.24) is 4.31 Å². The normalized spacial score (nSPS) is 11.3. The molecule has 110 valence electrons. The Kier molecular flexibility index (Phi) is 5.51. The summed E-state index contributed by atoms with van der Waals surface area (Å²) < 4.78 is 41.0. The molecular formula is C13H18FN3O2S. The van der Waals surface area contributed by atoms with Crippen LogP contribution in [0.4, 0.5) is 10.1 Å². The van der Waals surface area contributed by atoms with Crippen LogP contribution in [0.25, 0.3) is 0 Å². The van der Waals surface area contributed by atoms with Gasteiger partial charge in [0.25, 0.3) is 0 Å². The summed E-state index contributed by atoms with van der Waals surface area (Å²) in [7, 11) is -2.25. The Morgan fingerprint density at radius 1 is 1.45 bits per heavy atom. The topological polar surface area (TPSA) is 75.4 Å². The number of benzene rings is 1. The number of hydrogen-bond donors (Lipinski definition) is 2. The lowest BCUT2D eigenvalue weighted by atomic mass is 10.2. The van der Waals surface area contributed by atoms with Crippen molar-refractivity contribution in [3.8, 4) is 11.8 Å². The lowest BCUT2D eigenvalue weighted by Gasteiger charge is -2.22. The van der Waals surface area contributed by atoms with Crippen molar-refractivity contribution in [2.75, 3.05) is 18.3 Å². The maximum atomic E-state index is 13.2. The van der Waals surface area contributed by atoms with Crippen LogP contribution in [0.3, 0.4) is 0 Å². The van der Waals surface area contributed by atoms with Crippen LogP contribution in [0.15, 0.2) is 18.2 Å². The van der Waals surface area contributed by atoms with Crippen LogP contribution in [0.5, 0.6) is 0 Å². The molecule has 0 atom stereocenters. The number of nitrogens with zero attached hydrogens (tertiary/aromatic N) is 1. The van der Waals surface area contributed by atoms with Crippen LogP contribution in [0.1, 0.15) is 19.4 Å². The number of hydrogen-bond acceptors (Lipinski definition) is 3. The zero-order chi connectivity index (χ0) is 15.3. The van der Waals surface area contributed by atoms with E-state index in [4.69, 9.17) is 5.73 Å². The van der Waals surface area contributed by atoms with E-state index >= 15 is 0 Å². The Hall–Kier alpha value is -1.62. The molecule has 7 heteroatoms. The van der Waals surface area contributed by atoms with Gasteiger partial charge in [-0.2, -0.15) is 12.7 Å². The van der Waals surface area contributed by atoms with Gasteiger partial charge in [0.2, 0.25) is 0 Å². The molecule has 0 radical (unpaired) electrons. The van der Waals surface area contributed by atoms with Gasteiger partial charge in [0.15, 0.2) is 0 Å². The van der Waals surface area contributed by atoms with Crippen molar-refractivity contribution in [3.05, 3.63) is 29.6 Å². The van der Waals surface area contributed by atoms with Crippen LogP contribution in [-0.2, 0) is 10.2 Å². The molecule has 0 bridgehead atoms. The Balaban J connectivity index is 3.15. The summed E-state index contributed by atoms with van der Waals surface area (Å²) in [6.07, 6.45) is 0. The summed E-state index contributed by atoms with van der Waals surface area (Å²) in [5.41, 5.74) is 5.73. The van der Waals surface area contributed by atoms with E-state index in [0.29, 0.717) is 0 Å². The zero-order valence-corrected chi connectivity index (χ0v) is 12.5. The smallest absolute Gasteiger partial charge is 0.301 e. The third-order valence-corrected chi connectivity index (χ3v) is 4.31. The summed E-state index contributed by atoms with van der Waals surface area (Å²) in [6, 6.07) is 3.46. The highest BCUT2D eigenvalue weighted by molar-refractivity contribution is 7.90. The minimum atomic E-state index is -3.71. The van der Waals surface area contributed by atoms with Gasteiger partial charge in [-0.1, -0.05) is 11.8 Å². The second-order valence-corrected chi connectivity index (χ2v) is 6.14. The molecule has 5 nitrogen and oxygen atoms in total. The standard InChI is InChI=1S/C13H18FN3O2S/c1-10(2)17(3)20(18,19)16-13-7-6-12(14)9-11(13)5-4-8-15/h6-7,9-10,16H,8,15H2,1-3H3. The third-order valence-electron chi connectivity index (χ3n) is 2.65. The fourth-order valence-electron chi connectivity index (χ4n) is 1.34. The van der Waals surface area contributed by atoms with Gasteiger partial charge in [-0.25, -0.2) is 4.39 Å². The van der Waals surface area contributed by atoms with E-state index < -0.39 is 16.0 Å². The van der Waals surface area contributed by atoms with Crippen LogP contribution in [0, 0.1) is 17.7 Å². The SMILES string of the molecule is CC(C)N(C)S(=O)(=O)Nc1ccc(F)cc1C#CCN. The molecule has 0 unspecified atom stereocenters. The van der Waals surface area contributed by atoms with Gasteiger partial charge < -0.3 is 5.73 Å². The molecule has 0 aliphatic rings. The van der Waals surface area contributed by atoms with Crippen LogP contribution in [0.2, 0.25) is 0 Å². The van der Waals surface area contributed by atoms with Gasteiger partial charge >= 0.3 is 10.2 Å². The van der Waals surface area contributed by atoms with Crippen molar-refractivity contribution in [3.63, 3.8) is 0 Å². The Labute approximate surface area is 119 Å². The third kappa shape index (κ3) is 4.20. The Morgan fingerprint density at radius 2 is 2.10 bits per heavy atom. The van der Waals surface area contributed by atoms with E-state index in [9.17, 15) is 12.8 Å². The number of anilines is 1. The number of halogens is 1. The fourth-order valence-corrected chi connectivity index (χ4v) is 2.50. The molecule has 1 aromatic rings. The van der Waals surface area contributed by atoms with E-state index in [2.05, 4.69) is 16.6 Å². The number of nitrogens with one attached hydrogen (secondary N) is 1. The van der Waals surface area contributed by atoms with E-state index in [1.165, 1.54) is 23.5 Å². The lowest BCUT2D eigenvalue weighted by Crippen LogP contribution is -2.37. The molecule has 0 amide bonds. The van der Waals surface area contributed by atoms with Crippen molar-refractivity contribution >= 4 is 15.9 Å². The second kappa shape index (κ2) is 6.70. The first kappa shape index (κ1) is 16.4. The van der Waals surface area contributed by atoms with Crippen molar-refractivity contribution < 1.29 is 12.8 Å². The molecule has 20 heavy (non-hydrogen) atoms.